The number of pyridine rings is 1. The molecule has 4 N–H and O–H groups in total. The third-order valence-corrected chi connectivity index (χ3v) is 6.58. The molecule has 0 fully saturated rings. The van der Waals surface area contributed by atoms with Gasteiger partial charge in [0.15, 0.2) is 0 Å². The van der Waals surface area contributed by atoms with Gasteiger partial charge in [-0.25, -0.2) is 13.8 Å². The second kappa shape index (κ2) is 15.5. The number of aromatic nitrogens is 1. The molecule has 9 heteroatoms. The number of nitrogens with zero attached hydrogens (tertiary/aromatic N) is 1. The molecule has 1 aromatic heterocycles. The van der Waals surface area contributed by atoms with Gasteiger partial charge in [0.1, 0.15) is 22.6 Å². The number of amides is 1. The number of aryl methyl sites for hydroxylation is 1. The summed E-state index contributed by atoms with van der Waals surface area (Å²) in [4.78, 5) is 17.5. The van der Waals surface area contributed by atoms with Gasteiger partial charge in [-0.05, 0) is 60.2 Å². The number of carbonyl (C=O) groups is 1. The first-order valence-electron chi connectivity index (χ1n) is 13.4. The number of hydrogen-bond acceptors (Lipinski definition) is 5. The van der Waals surface area contributed by atoms with Gasteiger partial charge in [-0.15, -0.1) is 0 Å². The van der Waals surface area contributed by atoms with Crippen LogP contribution in [0.25, 0.3) is 0 Å². The molecule has 0 unspecified atom stereocenters. The maximum absolute atomic E-state index is 13.9. The van der Waals surface area contributed by atoms with E-state index in [0.29, 0.717) is 24.5 Å². The smallest absolute Gasteiger partial charge is 0.251 e. The Morgan fingerprint density at radius 1 is 1.00 bits per heavy atom. The van der Waals surface area contributed by atoms with Crippen molar-refractivity contribution < 1.29 is 18.7 Å². The summed E-state index contributed by atoms with van der Waals surface area (Å²) in [6, 6.07) is 13.5. The second-order valence-corrected chi connectivity index (χ2v) is 10.0. The number of carbonyl (C=O) groups excluding carboxylic acids is 1. The van der Waals surface area contributed by atoms with Crippen molar-refractivity contribution >= 4 is 23.3 Å². The lowest BCUT2D eigenvalue weighted by molar-refractivity contribution is 0.0829. The number of anilines is 1. The van der Waals surface area contributed by atoms with Crippen molar-refractivity contribution in [2.45, 2.75) is 64.6 Å². The highest BCUT2D eigenvalue weighted by molar-refractivity contribution is 6.29. The molecular formula is C30H37ClF2N4O2. The van der Waals surface area contributed by atoms with Gasteiger partial charge in [0, 0.05) is 31.3 Å². The van der Waals surface area contributed by atoms with E-state index in [9.17, 15) is 18.7 Å². The van der Waals surface area contributed by atoms with Crippen LogP contribution >= 0.6 is 11.6 Å². The molecule has 3 aromatic rings. The molecule has 2 aromatic carbocycles. The molecule has 0 saturated carbocycles. The lowest BCUT2D eigenvalue weighted by Crippen LogP contribution is -2.48. The van der Waals surface area contributed by atoms with E-state index in [0.717, 1.165) is 37.3 Å². The Bertz CT molecular complexity index is 1210. The van der Waals surface area contributed by atoms with E-state index >= 15 is 0 Å². The van der Waals surface area contributed by atoms with Crippen LogP contribution in [0.3, 0.4) is 0 Å². The van der Waals surface area contributed by atoms with Crippen molar-refractivity contribution in [1.29, 1.82) is 0 Å². The first kappa shape index (κ1) is 30.5. The van der Waals surface area contributed by atoms with E-state index in [1.165, 1.54) is 23.8 Å². The van der Waals surface area contributed by atoms with Gasteiger partial charge >= 0.3 is 0 Å². The van der Waals surface area contributed by atoms with Gasteiger partial charge in [0.05, 0.1) is 12.1 Å². The van der Waals surface area contributed by atoms with E-state index in [4.69, 9.17) is 11.6 Å². The number of aliphatic hydroxyl groups is 1. The van der Waals surface area contributed by atoms with Gasteiger partial charge in [-0.1, -0.05) is 62.6 Å². The van der Waals surface area contributed by atoms with Gasteiger partial charge in [0.2, 0.25) is 0 Å². The lowest BCUT2D eigenvalue weighted by Gasteiger charge is -2.25. The molecule has 0 aliphatic carbocycles. The molecular weight excluding hydrogens is 522 g/mol. The van der Waals surface area contributed by atoms with Crippen LogP contribution in [0.5, 0.6) is 0 Å². The van der Waals surface area contributed by atoms with Crippen molar-refractivity contribution in [3.63, 3.8) is 0 Å². The number of unbranched alkanes of at least 4 members (excludes halogenated alkanes) is 2. The van der Waals surface area contributed by atoms with Crippen LogP contribution in [0.4, 0.5) is 14.6 Å². The maximum atomic E-state index is 13.9. The summed E-state index contributed by atoms with van der Waals surface area (Å²) in [5.74, 6) is -1.45. The summed E-state index contributed by atoms with van der Waals surface area (Å²) >= 11 is 6.17. The van der Waals surface area contributed by atoms with Gasteiger partial charge in [-0.3, -0.25) is 4.79 Å². The van der Waals surface area contributed by atoms with Crippen molar-refractivity contribution in [2.75, 3.05) is 18.4 Å². The normalized spacial score (nSPS) is 12.7. The maximum Gasteiger partial charge on any atom is 0.251 e. The van der Waals surface area contributed by atoms with Crippen molar-refractivity contribution in [3.05, 3.63) is 93.6 Å². The molecule has 0 aliphatic heterocycles. The van der Waals surface area contributed by atoms with Crippen molar-refractivity contribution in [3.8, 4) is 0 Å². The minimum Gasteiger partial charge on any atom is -0.390 e. The van der Waals surface area contributed by atoms with Crippen LogP contribution in [0.2, 0.25) is 5.15 Å². The molecule has 1 amide bonds. The van der Waals surface area contributed by atoms with Crippen LogP contribution in [0.15, 0.2) is 54.6 Å². The van der Waals surface area contributed by atoms with Crippen LogP contribution in [-0.2, 0) is 19.4 Å². The highest BCUT2D eigenvalue weighted by Gasteiger charge is 2.23. The molecule has 3 rings (SSSR count). The van der Waals surface area contributed by atoms with Crippen LogP contribution in [0, 0.1) is 11.6 Å². The highest BCUT2D eigenvalue weighted by Crippen LogP contribution is 2.17. The summed E-state index contributed by atoms with van der Waals surface area (Å²) in [6.07, 6.45) is 3.01. The summed E-state index contributed by atoms with van der Waals surface area (Å²) in [7, 11) is 0. The Labute approximate surface area is 234 Å². The summed E-state index contributed by atoms with van der Waals surface area (Å²) < 4.78 is 27.7. The third kappa shape index (κ3) is 10.2. The standard InChI is InChI=1S/C30H37ClF2N4O2/c1-3-5-6-10-35-29-16-23(15-28(31)37-29)30(39)36-26(14-22-12-24(32)17-25(33)13-22)27(38)19-34-18-21-9-7-8-20(4-2)11-21/h7-9,11-13,15-17,26-27,34,38H,3-6,10,14,18-19H2,1-2H3,(H,35,37)(H,36,39)/t26-,27+/m0/s1. The minimum atomic E-state index is -1.04. The number of nitrogens with one attached hydrogen (secondary N) is 3. The molecule has 0 radical (unpaired) electrons. The van der Waals surface area contributed by atoms with E-state index in [1.54, 1.807) is 6.07 Å². The zero-order valence-electron chi connectivity index (χ0n) is 22.4. The predicted octanol–water partition coefficient (Wildman–Crippen LogP) is 5.67. The molecule has 0 aliphatic rings. The fourth-order valence-corrected chi connectivity index (χ4v) is 4.50. The lowest BCUT2D eigenvalue weighted by atomic mass is 10.00. The molecule has 39 heavy (non-hydrogen) atoms. The van der Waals surface area contributed by atoms with Crippen molar-refractivity contribution in [1.82, 2.24) is 15.6 Å². The van der Waals surface area contributed by atoms with E-state index in [1.807, 2.05) is 12.1 Å². The van der Waals surface area contributed by atoms with Crippen molar-refractivity contribution in [2.24, 2.45) is 0 Å². The third-order valence-electron chi connectivity index (χ3n) is 6.38. The highest BCUT2D eigenvalue weighted by atomic mass is 35.5. The Morgan fingerprint density at radius 3 is 2.46 bits per heavy atom. The van der Waals surface area contributed by atoms with Crippen LogP contribution in [-0.4, -0.2) is 41.2 Å². The van der Waals surface area contributed by atoms with Crippen LogP contribution in [0.1, 0.15) is 60.2 Å². The largest absolute Gasteiger partial charge is 0.390 e. The van der Waals surface area contributed by atoms with E-state index in [2.05, 4.69) is 46.9 Å². The zero-order chi connectivity index (χ0) is 28.2. The number of benzene rings is 2. The molecule has 0 saturated heterocycles. The molecule has 2 atom stereocenters. The van der Waals surface area contributed by atoms with Gasteiger partial charge < -0.3 is 21.1 Å². The summed E-state index contributed by atoms with van der Waals surface area (Å²) in [6.45, 7) is 5.57. The van der Waals surface area contributed by atoms with Crippen LogP contribution < -0.4 is 16.0 Å². The van der Waals surface area contributed by atoms with Gasteiger partial charge in [-0.2, -0.15) is 0 Å². The fourth-order valence-electron chi connectivity index (χ4n) is 4.29. The molecule has 1 heterocycles. The zero-order valence-corrected chi connectivity index (χ0v) is 23.2. The average molecular weight is 559 g/mol. The number of halogens is 3. The first-order chi connectivity index (χ1) is 18.8. The summed E-state index contributed by atoms with van der Waals surface area (Å²) in [5, 5.41) is 20.4. The topological polar surface area (TPSA) is 86.3 Å². The Kier molecular flexibility index (Phi) is 12.1. The summed E-state index contributed by atoms with van der Waals surface area (Å²) in [5.41, 5.74) is 2.86. The fraction of sp³-hybridized carbons (Fsp3) is 0.400. The SMILES string of the molecule is CCCCCNc1cc(C(=O)N[C@@H](Cc2cc(F)cc(F)c2)[C@H](O)CNCc2cccc(CC)c2)cc(Cl)n1. The van der Waals surface area contributed by atoms with Gasteiger partial charge in [0.25, 0.3) is 5.91 Å². The molecule has 0 spiro atoms. The Morgan fingerprint density at radius 2 is 1.74 bits per heavy atom. The minimum absolute atomic E-state index is 0.0233. The number of hydrogen-bond donors (Lipinski definition) is 4. The molecule has 6 nitrogen and oxygen atoms in total. The quantitative estimate of drug-likeness (QED) is 0.143. The van der Waals surface area contributed by atoms with E-state index in [-0.39, 0.29) is 23.7 Å². The number of rotatable bonds is 15. The monoisotopic (exact) mass is 558 g/mol. The predicted molar refractivity (Wildman–Crippen MR) is 152 cm³/mol. The average Bonchev–Trinajstić information content (AvgIpc) is 2.90. The Balaban J connectivity index is 1.72. The molecule has 210 valence electrons. The molecule has 0 bridgehead atoms. The van der Waals surface area contributed by atoms with E-state index < -0.39 is 29.7 Å². The second-order valence-electron chi connectivity index (χ2n) is 9.63. The first-order valence-corrected chi connectivity index (χ1v) is 13.8. The number of aliphatic hydroxyl groups excluding tert-OH is 1. The Hall–Kier alpha value is -3.07.